The molecule has 0 aliphatic rings. The van der Waals surface area contributed by atoms with Crippen LogP contribution in [-0.4, -0.2) is 15.8 Å². The highest BCUT2D eigenvalue weighted by Gasteiger charge is 2.12. The molecule has 0 aromatic carbocycles. The molecule has 2 heterocycles. The van der Waals surface area contributed by atoms with E-state index in [-0.39, 0.29) is 5.78 Å². The zero-order chi connectivity index (χ0) is 12.3. The number of nitrogens with zero attached hydrogens (tertiary/aromatic N) is 2. The molecule has 0 atom stereocenters. The smallest absolute Gasteiger partial charge is 0.194 e. The van der Waals surface area contributed by atoms with Gasteiger partial charge < -0.3 is 5.73 Å². The number of carbonyl (C=O) groups is 1. The highest BCUT2D eigenvalue weighted by Crippen LogP contribution is 2.12. The topological polar surface area (TPSA) is 68.9 Å². The average molecular weight is 227 g/mol. The minimum Gasteiger partial charge on any atom is -0.325 e. The molecule has 4 heteroatoms. The van der Waals surface area contributed by atoms with E-state index in [1.807, 2.05) is 13.0 Å². The lowest BCUT2D eigenvalue weighted by molar-refractivity contribution is 0.103. The molecule has 2 aromatic rings. The van der Waals surface area contributed by atoms with E-state index in [2.05, 4.69) is 9.97 Å². The van der Waals surface area contributed by atoms with Gasteiger partial charge in [0.05, 0.1) is 5.69 Å². The van der Waals surface area contributed by atoms with E-state index in [0.29, 0.717) is 23.4 Å². The first-order valence-electron chi connectivity index (χ1n) is 5.32. The van der Waals surface area contributed by atoms with Gasteiger partial charge in [0.25, 0.3) is 0 Å². The first-order chi connectivity index (χ1) is 8.22. The van der Waals surface area contributed by atoms with Crippen LogP contribution in [0.3, 0.4) is 0 Å². The Kier molecular flexibility index (Phi) is 3.25. The number of carbonyl (C=O) groups excluding carboxylic acids is 1. The van der Waals surface area contributed by atoms with E-state index in [1.54, 1.807) is 30.7 Å². The van der Waals surface area contributed by atoms with Crippen LogP contribution >= 0.6 is 0 Å². The van der Waals surface area contributed by atoms with Crippen LogP contribution in [0.15, 0.2) is 36.8 Å². The van der Waals surface area contributed by atoms with Gasteiger partial charge in [-0.25, -0.2) is 0 Å². The molecule has 0 aliphatic carbocycles. The molecule has 86 valence electrons. The van der Waals surface area contributed by atoms with Crippen molar-refractivity contribution in [2.24, 2.45) is 5.73 Å². The quantitative estimate of drug-likeness (QED) is 0.806. The molecule has 2 aromatic heterocycles. The Morgan fingerprint density at radius 3 is 2.88 bits per heavy atom. The Bertz CT molecular complexity index is 552. The molecule has 0 fully saturated rings. The summed E-state index contributed by atoms with van der Waals surface area (Å²) in [4.78, 5) is 20.3. The fourth-order valence-corrected chi connectivity index (χ4v) is 1.59. The van der Waals surface area contributed by atoms with Gasteiger partial charge in [0.2, 0.25) is 0 Å². The third-order valence-electron chi connectivity index (χ3n) is 2.57. The maximum atomic E-state index is 12.2. The highest BCUT2D eigenvalue weighted by molar-refractivity contribution is 6.09. The Labute approximate surface area is 99.5 Å². The van der Waals surface area contributed by atoms with E-state index in [0.717, 1.165) is 5.56 Å². The van der Waals surface area contributed by atoms with Crippen LogP contribution in [0.1, 0.15) is 27.2 Å². The van der Waals surface area contributed by atoms with Gasteiger partial charge in [-0.3, -0.25) is 14.8 Å². The van der Waals surface area contributed by atoms with Crippen molar-refractivity contribution in [2.45, 2.75) is 13.5 Å². The second-order valence-corrected chi connectivity index (χ2v) is 3.76. The fraction of sp³-hybridized carbons (Fsp3) is 0.154. The van der Waals surface area contributed by atoms with E-state index >= 15 is 0 Å². The summed E-state index contributed by atoms with van der Waals surface area (Å²) in [6, 6.07) is 5.22. The summed E-state index contributed by atoms with van der Waals surface area (Å²) in [5.41, 5.74) is 8.33. The molecule has 0 unspecified atom stereocenters. The Balaban J connectivity index is 2.40. The summed E-state index contributed by atoms with van der Waals surface area (Å²) in [5.74, 6) is -0.0484. The summed E-state index contributed by atoms with van der Waals surface area (Å²) in [6.07, 6.45) is 4.85. The number of aromatic nitrogens is 2. The molecule has 0 amide bonds. The number of pyridine rings is 2. The summed E-state index contributed by atoms with van der Waals surface area (Å²) < 4.78 is 0. The molecule has 0 bridgehead atoms. The van der Waals surface area contributed by atoms with Crippen LogP contribution in [0.2, 0.25) is 0 Å². The van der Waals surface area contributed by atoms with Crippen molar-refractivity contribution < 1.29 is 4.79 Å². The molecular weight excluding hydrogens is 214 g/mol. The monoisotopic (exact) mass is 227 g/mol. The maximum absolute atomic E-state index is 12.2. The summed E-state index contributed by atoms with van der Waals surface area (Å²) in [6.45, 7) is 2.22. The van der Waals surface area contributed by atoms with Gasteiger partial charge in [-0.1, -0.05) is 0 Å². The number of nitrogens with two attached hydrogens (primary N) is 1. The molecule has 0 saturated carbocycles. The van der Waals surface area contributed by atoms with Crippen LogP contribution in [0.25, 0.3) is 0 Å². The molecule has 4 nitrogen and oxygen atoms in total. The highest BCUT2D eigenvalue weighted by atomic mass is 16.1. The molecule has 0 radical (unpaired) electrons. The second kappa shape index (κ2) is 4.84. The van der Waals surface area contributed by atoms with E-state index in [4.69, 9.17) is 5.73 Å². The summed E-state index contributed by atoms with van der Waals surface area (Å²) in [5, 5.41) is 0. The van der Waals surface area contributed by atoms with Gasteiger partial charge in [-0.05, 0) is 30.7 Å². The van der Waals surface area contributed by atoms with Crippen molar-refractivity contribution >= 4 is 5.78 Å². The Morgan fingerprint density at radius 2 is 2.18 bits per heavy atom. The van der Waals surface area contributed by atoms with E-state index in [1.165, 1.54) is 0 Å². The van der Waals surface area contributed by atoms with Crippen molar-refractivity contribution in [3.63, 3.8) is 0 Å². The molecule has 17 heavy (non-hydrogen) atoms. The molecule has 2 rings (SSSR count). The SMILES string of the molecule is Cc1ccncc1C(=O)c1ccnc(CN)c1. The lowest BCUT2D eigenvalue weighted by Crippen LogP contribution is -2.07. The van der Waals surface area contributed by atoms with Gasteiger partial charge in [0, 0.05) is 36.3 Å². The number of hydrogen-bond acceptors (Lipinski definition) is 4. The first kappa shape index (κ1) is 11.4. The molecular formula is C13H13N3O. The average Bonchev–Trinajstić information content (AvgIpc) is 2.38. The van der Waals surface area contributed by atoms with Gasteiger partial charge in [0.15, 0.2) is 5.78 Å². The standard InChI is InChI=1S/C13H13N3O/c1-9-2-4-15-8-12(9)13(17)10-3-5-16-11(6-10)7-14/h2-6,8H,7,14H2,1H3. The second-order valence-electron chi connectivity index (χ2n) is 3.76. The summed E-state index contributed by atoms with van der Waals surface area (Å²) >= 11 is 0. The van der Waals surface area contributed by atoms with E-state index in [9.17, 15) is 4.79 Å². The van der Waals surface area contributed by atoms with Crippen molar-refractivity contribution in [3.8, 4) is 0 Å². The predicted octanol–water partition coefficient (Wildman–Crippen LogP) is 1.47. The minimum atomic E-state index is -0.0484. The molecule has 0 spiro atoms. The Hall–Kier alpha value is -2.07. The van der Waals surface area contributed by atoms with Crippen LogP contribution in [0, 0.1) is 6.92 Å². The van der Waals surface area contributed by atoms with Gasteiger partial charge in [0.1, 0.15) is 0 Å². The van der Waals surface area contributed by atoms with Crippen molar-refractivity contribution in [2.75, 3.05) is 0 Å². The zero-order valence-electron chi connectivity index (χ0n) is 9.55. The molecule has 0 saturated heterocycles. The number of ketones is 1. The maximum Gasteiger partial charge on any atom is 0.194 e. The lowest BCUT2D eigenvalue weighted by atomic mass is 10.0. The van der Waals surface area contributed by atoms with Gasteiger partial charge in [-0.15, -0.1) is 0 Å². The van der Waals surface area contributed by atoms with Gasteiger partial charge in [-0.2, -0.15) is 0 Å². The van der Waals surface area contributed by atoms with Crippen LogP contribution in [-0.2, 0) is 6.54 Å². The van der Waals surface area contributed by atoms with Crippen LogP contribution in [0.5, 0.6) is 0 Å². The minimum absolute atomic E-state index is 0.0484. The zero-order valence-corrected chi connectivity index (χ0v) is 9.55. The van der Waals surface area contributed by atoms with Gasteiger partial charge >= 0.3 is 0 Å². The van der Waals surface area contributed by atoms with E-state index < -0.39 is 0 Å². The number of rotatable bonds is 3. The third kappa shape index (κ3) is 2.37. The first-order valence-corrected chi connectivity index (χ1v) is 5.32. The normalized spacial score (nSPS) is 10.2. The predicted molar refractivity (Wildman–Crippen MR) is 64.5 cm³/mol. The number of hydrogen-bond donors (Lipinski definition) is 1. The van der Waals surface area contributed by atoms with Crippen molar-refractivity contribution in [3.05, 3.63) is 59.2 Å². The largest absolute Gasteiger partial charge is 0.325 e. The number of aryl methyl sites for hydroxylation is 1. The van der Waals surface area contributed by atoms with Crippen molar-refractivity contribution in [1.82, 2.24) is 9.97 Å². The van der Waals surface area contributed by atoms with Crippen molar-refractivity contribution in [1.29, 1.82) is 0 Å². The Morgan fingerprint density at radius 1 is 1.35 bits per heavy atom. The van der Waals surface area contributed by atoms with Crippen LogP contribution < -0.4 is 5.73 Å². The fourth-order valence-electron chi connectivity index (χ4n) is 1.59. The lowest BCUT2D eigenvalue weighted by Gasteiger charge is -2.05. The molecule has 0 aliphatic heterocycles. The third-order valence-corrected chi connectivity index (χ3v) is 2.57. The summed E-state index contributed by atoms with van der Waals surface area (Å²) in [7, 11) is 0. The molecule has 2 N–H and O–H groups in total. The van der Waals surface area contributed by atoms with Crippen LogP contribution in [0.4, 0.5) is 0 Å².